The Bertz CT molecular complexity index is 491. The molecule has 0 radical (unpaired) electrons. The van der Waals surface area contributed by atoms with E-state index >= 15 is 0 Å². The molecule has 0 aliphatic heterocycles. The van der Waals surface area contributed by atoms with Crippen molar-refractivity contribution < 1.29 is 9.90 Å². The summed E-state index contributed by atoms with van der Waals surface area (Å²) in [5.41, 5.74) is 2.72. The van der Waals surface area contributed by atoms with Crippen molar-refractivity contribution in [3.63, 3.8) is 0 Å². The minimum Gasteiger partial charge on any atom is -0.480 e. The minimum absolute atomic E-state index is 0.604. The van der Waals surface area contributed by atoms with Crippen LogP contribution in [0, 0.1) is 0 Å². The number of benzene rings is 1. The van der Waals surface area contributed by atoms with Crippen LogP contribution >= 0.6 is 0 Å². The van der Waals surface area contributed by atoms with Gasteiger partial charge in [-0.2, -0.15) is 5.10 Å². The fourth-order valence-electron chi connectivity index (χ4n) is 1.47. The predicted octanol–water partition coefficient (Wildman–Crippen LogP) is 1.96. The number of hydrogen-bond donors (Lipinski definition) is 3. The molecular formula is C12H13N3O2. The molecule has 3 N–H and O–H groups in total. The molecule has 5 heteroatoms. The third-order valence-corrected chi connectivity index (χ3v) is 2.45. The molecule has 0 bridgehead atoms. The van der Waals surface area contributed by atoms with Crippen molar-refractivity contribution in [1.29, 1.82) is 0 Å². The van der Waals surface area contributed by atoms with E-state index in [2.05, 4.69) is 15.5 Å². The molecule has 0 fully saturated rings. The van der Waals surface area contributed by atoms with E-state index in [9.17, 15) is 4.79 Å². The molecule has 2 rings (SSSR count). The van der Waals surface area contributed by atoms with E-state index in [1.165, 1.54) is 0 Å². The Balaban J connectivity index is 2.11. The Morgan fingerprint density at radius 3 is 2.59 bits per heavy atom. The van der Waals surface area contributed by atoms with Gasteiger partial charge in [-0.25, -0.2) is 0 Å². The molecule has 17 heavy (non-hydrogen) atoms. The van der Waals surface area contributed by atoms with Crippen molar-refractivity contribution in [1.82, 2.24) is 10.2 Å². The van der Waals surface area contributed by atoms with Gasteiger partial charge in [0.25, 0.3) is 0 Å². The summed E-state index contributed by atoms with van der Waals surface area (Å²) >= 11 is 0. The summed E-state index contributed by atoms with van der Waals surface area (Å²) in [6.07, 6.45) is 1.69. The zero-order valence-electron chi connectivity index (χ0n) is 9.34. The fourth-order valence-corrected chi connectivity index (χ4v) is 1.47. The van der Waals surface area contributed by atoms with Gasteiger partial charge in [-0.05, 0) is 30.7 Å². The van der Waals surface area contributed by atoms with Crippen LogP contribution in [0.1, 0.15) is 6.92 Å². The highest BCUT2D eigenvalue weighted by Gasteiger charge is 2.09. The first-order valence-electron chi connectivity index (χ1n) is 5.26. The molecule has 1 atom stereocenters. The minimum atomic E-state index is -0.873. The van der Waals surface area contributed by atoms with Crippen LogP contribution in [0.3, 0.4) is 0 Å². The molecule has 5 nitrogen and oxygen atoms in total. The van der Waals surface area contributed by atoms with Gasteiger partial charge in [0.2, 0.25) is 0 Å². The molecule has 1 aromatic heterocycles. The molecule has 1 heterocycles. The van der Waals surface area contributed by atoms with Crippen LogP contribution in [0.2, 0.25) is 0 Å². The molecule has 0 saturated carbocycles. The van der Waals surface area contributed by atoms with Crippen molar-refractivity contribution >= 4 is 11.7 Å². The molecule has 0 aliphatic rings. The number of aromatic nitrogens is 2. The standard InChI is InChI=1S/C12H13N3O2/c1-8(12(16)17)14-10-4-2-9(3-5-10)11-6-7-13-15-11/h2-8,14H,1H3,(H,13,15)(H,16,17). The number of aliphatic carboxylic acids is 1. The first-order valence-corrected chi connectivity index (χ1v) is 5.26. The Morgan fingerprint density at radius 2 is 2.06 bits per heavy atom. The topological polar surface area (TPSA) is 78.0 Å². The highest BCUT2D eigenvalue weighted by Crippen LogP contribution is 2.19. The summed E-state index contributed by atoms with van der Waals surface area (Å²) < 4.78 is 0. The van der Waals surface area contributed by atoms with E-state index < -0.39 is 12.0 Å². The summed E-state index contributed by atoms with van der Waals surface area (Å²) in [6, 6.07) is 8.77. The summed E-state index contributed by atoms with van der Waals surface area (Å²) in [4.78, 5) is 10.7. The number of hydrogen-bond acceptors (Lipinski definition) is 3. The first-order chi connectivity index (χ1) is 8.16. The van der Waals surface area contributed by atoms with Gasteiger partial charge in [0.05, 0.1) is 5.69 Å². The Kier molecular flexibility index (Phi) is 3.09. The maximum atomic E-state index is 10.7. The van der Waals surface area contributed by atoms with E-state index in [4.69, 9.17) is 5.11 Å². The summed E-state index contributed by atoms with van der Waals surface area (Å²) in [5.74, 6) is -0.873. The number of carbonyl (C=O) groups is 1. The largest absolute Gasteiger partial charge is 0.480 e. The predicted molar refractivity (Wildman–Crippen MR) is 64.7 cm³/mol. The summed E-state index contributed by atoms with van der Waals surface area (Å²) in [7, 11) is 0. The molecule has 0 saturated heterocycles. The van der Waals surface area contributed by atoms with Gasteiger partial charge in [-0.1, -0.05) is 12.1 Å². The van der Waals surface area contributed by atoms with Crippen LogP contribution in [-0.2, 0) is 4.79 Å². The third kappa shape index (κ3) is 2.63. The SMILES string of the molecule is CC(Nc1ccc(-c2ccn[nH]2)cc1)C(=O)O. The fraction of sp³-hybridized carbons (Fsp3) is 0.167. The van der Waals surface area contributed by atoms with Crippen molar-refractivity contribution in [3.05, 3.63) is 36.5 Å². The van der Waals surface area contributed by atoms with Crippen molar-refractivity contribution in [2.24, 2.45) is 0 Å². The van der Waals surface area contributed by atoms with Gasteiger partial charge >= 0.3 is 5.97 Å². The van der Waals surface area contributed by atoms with Crippen LogP contribution in [-0.4, -0.2) is 27.3 Å². The highest BCUT2D eigenvalue weighted by molar-refractivity contribution is 5.77. The number of carboxylic acids is 1. The smallest absolute Gasteiger partial charge is 0.325 e. The second-order valence-electron chi connectivity index (χ2n) is 3.75. The van der Waals surface area contributed by atoms with Gasteiger partial charge in [0.1, 0.15) is 6.04 Å². The van der Waals surface area contributed by atoms with Crippen LogP contribution in [0.25, 0.3) is 11.3 Å². The van der Waals surface area contributed by atoms with Gasteiger partial charge in [-0.15, -0.1) is 0 Å². The molecule has 1 aromatic carbocycles. The van der Waals surface area contributed by atoms with E-state index in [-0.39, 0.29) is 0 Å². The van der Waals surface area contributed by atoms with Gasteiger partial charge in [0, 0.05) is 11.9 Å². The first kappa shape index (κ1) is 11.2. The Hall–Kier alpha value is -2.30. The van der Waals surface area contributed by atoms with Crippen molar-refractivity contribution in [3.8, 4) is 11.3 Å². The Labute approximate surface area is 98.5 Å². The maximum Gasteiger partial charge on any atom is 0.325 e. The number of aromatic amines is 1. The number of nitrogens with one attached hydrogen (secondary N) is 2. The molecule has 0 aliphatic carbocycles. The molecule has 88 valence electrons. The number of rotatable bonds is 4. The van der Waals surface area contributed by atoms with Crippen molar-refractivity contribution in [2.75, 3.05) is 5.32 Å². The molecule has 0 spiro atoms. The van der Waals surface area contributed by atoms with Crippen LogP contribution < -0.4 is 5.32 Å². The lowest BCUT2D eigenvalue weighted by molar-refractivity contribution is -0.137. The molecule has 1 unspecified atom stereocenters. The molecule has 0 amide bonds. The average molecular weight is 231 g/mol. The normalized spacial score (nSPS) is 12.1. The van der Waals surface area contributed by atoms with Crippen LogP contribution in [0.4, 0.5) is 5.69 Å². The maximum absolute atomic E-state index is 10.7. The highest BCUT2D eigenvalue weighted by atomic mass is 16.4. The summed E-state index contributed by atoms with van der Waals surface area (Å²) in [5, 5.41) is 18.4. The average Bonchev–Trinajstić information content (AvgIpc) is 2.83. The third-order valence-electron chi connectivity index (χ3n) is 2.45. The second-order valence-corrected chi connectivity index (χ2v) is 3.75. The molecule has 2 aromatic rings. The van der Waals surface area contributed by atoms with E-state index in [1.54, 1.807) is 13.1 Å². The van der Waals surface area contributed by atoms with Crippen LogP contribution in [0.15, 0.2) is 36.5 Å². The van der Waals surface area contributed by atoms with Gasteiger partial charge in [-0.3, -0.25) is 9.89 Å². The quantitative estimate of drug-likeness (QED) is 0.751. The van der Waals surface area contributed by atoms with Gasteiger partial charge in [0.15, 0.2) is 0 Å². The van der Waals surface area contributed by atoms with Crippen molar-refractivity contribution in [2.45, 2.75) is 13.0 Å². The Morgan fingerprint density at radius 1 is 1.35 bits per heavy atom. The van der Waals surface area contributed by atoms with E-state index in [0.717, 1.165) is 16.9 Å². The van der Waals surface area contributed by atoms with Crippen LogP contribution in [0.5, 0.6) is 0 Å². The lowest BCUT2D eigenvalue weighted by Crippen LogP contribution is -2.25. The van der Waals surface area contributed by atoms with Gasteiger partial charge < -0.3 is 10.4 Å². The number of anilines is 1. The number of carboxylic acid groups (broad SMARTS) is 1. The zero-order valence-corrected chi connectivity index (χ0v) is 9.34. The second kappa shape index (κ2) is 4.69. The zero-order chi connectivity index (χ0) is 12.3. The van der Waals surface area contributed by atoms with E-state index in [1.807, 2.05) is 30.3 Å². The number of H-pyrrole nitrogens is 1. The van der Waals surface area contributed by atoms with E-state index in [0.29, 0.717) is 0 Å². The lowest BCUT2D eigenvalue weighted by Gasteiger charge is -2.10. The lowest BCUT2D eigenvalue weighted by atomic mass is 10.1. The monoisotopic (exact) mass is 231 g/mol. The summed E-state index contributed by atoms with van der Waals surface area (Å²) in [6.45, 7) is 1.60. The number of nitrogens with zero attached hydrogens (tertiary/aromatic N) is 1. The molecular weight excluding hydrogens is 218 g/mol.